The third-order valence-electron chi connectivity index (χ3n) is 3.77. The number of ether oxygens (including phenoxy) is 1. The first kappa shape index (κ1) is 18.4. The average Bonchev–Trinajstić information content (AvgIpc) is 3.22. The van der Waals surface area contributed by atoms with Crippen LogP contribution in [0.25, 0.3) is 5.69 Å². The molecule has 8 heteroatoms. The molecule has 0 saturated heterocycles. The molecule has 7 nitrogen and oxygen atoms in total. The second kappa shape index (κ2) is 8.81. The van der Waals surface area contributed by atoms with E-state index in [0.717, 1.165) is 17.0 Å². The topological polar surface area (TPSA) is 80.2 Å². The number of nitrogens with one attached hydrogen (secondary N) is 3. The van der Waals surface area contributed by atoms with Gasteiger partial charge in [0.2, 0.25) is 0 Å². The van der Waals surface area contributed by atoms with Crippen molar-refractivity contribution in [2.45, 2.75) is 6.54 Å². The fraction of sp³-hybridized carbons (Fsp3) is 0.105. The Bertz CT molecular complexity index is 909. The normalized spacial score (nSPS) is 10.1. The molecule has 1 heterocycles. The fourth-order valence-corrected chi connectivity index (χ4v) is 2.44. The number of amides is 1. The number of carbonyl (C=O) groups excluding carboxylic acids is 1. The summed E-state index contributed by atoms with van der Waals surface area (Å²) in [6.07, 6.45) is 3.15. The van der Waals surface area contributed by atoms with Gasteiger partial charge in [-0.05, 0) is 42.0 Å². The lowest BCUT2D eigenvalue weighted by molar-refractivity contribution is 0.0943. The van der Waals surface area contributed by atoms with E-state index in [2.05, 4.69) is 21.3 Å². The standard InChI is InChI=1S/C19H19N5O2S/c1-26-17-9-7-14(8-10-17)11-20-19(27)23-22-18(25)15-12-21-24(13-15)16-5-3-2-4-6-16/h2-10,12-13H,11H2,1H3,(H,22,25)(H2,20,23,27). The summed E-state index contributed by atoms with van der Waals surface area (Å²) >= 11 is 5.17. The smallest absolute Gasteiger partial charge is 0.272 e. The van der Waals surface area contributed by atoms with E-state index in [1.807, 2.05) is 54.6 Å². The monoisotopic (exact) mass is 381 g/mol. The van der Waals surface area contributed by atoms with Gasteiger partial charge in [-0.15, -0.1) is 0 Å². The van der Waals surface area contributed by atoms with Gasteiger partial charge in [-0.3, -0.25) is 15.6 Å². The lowest BCUT2D eigenvalue weighted by atomic mass is 10.2. The van der Waals surface area contributed by atoms with Crippen molar-refractivity contribution in [1.82, 2.24) is 25.9 Å². The molecule has 0 radical (unpaired) electrons. The number of nitrogens with zero attached hydrogens (tertiary/aromatic N) is 2. The Morgan fingerprint density at radius 3 is 2.56 bits per heavy atom. The van der Waals surface area contributed by atoms with E-state index in [4.69, 9.17) is 17.0 Å². The van der Waals surface area contributed by atoms with Crippen molar-refractivity contribution in [3.05, 3.63) is 78.1 Å². The van der Waals surface area contributed by atoms with Crippen molar-refractivity contribution >= 4 is 23.2 Å². The molecule has 0 aliphatic rings. The number of hydrazine groups is 1. The summed E-state index contributed by atoms with van der Waals surface area (Å²) < 4.78 is 6.75. The van der Waals surface area contributed by atoms with Crippen LogP contribution in [0.5, 0.6) is 5.75 Å². The molecular formula is C19H19N5O2S. The number of carbonyl (C=O) groups is 1. The van der Waals surface area contributed by atoms with Gasteiger partial charge in [-0.2, -0.15) is 5.10 Å². The number of hydrogen-bond acceptors (Lipinski definition) is 4. The van der Waals surface area contributed by atoms with Gasteiger partial charge in [0.15, 0.2) is 5.11 Å². The molecule has 2 aromatic carbocycles. The molecule has 27 heavy (non-hydrogen) atoms. The maximum absolute atomic E-state index is 12.2. The summed E-state index contributed by atoms with van der Waals surface area (Å²) in [5.74, 6) is 0.466. The van der Waals surface area contributed by atoms with E-state index < -0.39 is 0 Å². The summed E-state index contributed by atoms with van der Waals surface area (Å²) in [7, 11) is 1.62. The Balaban J connectivity index is 1.47. The van der Waals surface area contributed by atoms with Gasteiger partial charge >= 0.3 is 0 Å². The molecule has 0 bridgehead atoms. The van der Waals surface area contributed by atoms with Crippen LogP contribution >= 0.6 is 12.2 Å². The van der Waals surface area contributed by atoms with Gasteiger partial charge in [0.25, 0.3) is 5.91 Å². The van der Waals surface area contributed by atoms with Crippen LogP contribution in [0.2, 0.25) is 0 Å². The highest BCUT2D eigenvalue weighted by Crippen LogP contribution is 2.11. The Kier molecular flexibility index (Phi) is 6.01. The van der Waals surface area contributed by atoms with Crippen LogP contribution in [0.3, 0.4) is 0 Å². The molecule has 3 aromatic rings. The predicted octanol–water partition coefficient (Wildman–Crippen LogP) is 2.19. The van der Waals surface area contributed by atoms with Crippen LogP contribution in [0.15, 0.2) is 67.0 Å². The average molecular weight is 381 g/mol. The minimum absolute atomic E-state index is 0.314. The summed E-state index contributed by atoms with van der Waals surface area (Å²) in [4.78, 5) is 12.2. The van der Waals surface area contributed by atoms with Crippen LogP contribution in [0.1, 0.15) is 15.9 Å². The number of benzene rings is 2. The lowest BCUT2D eigenvalue weighted by Gasteiger charge is -2.11. The Hall–Kier alpha value is -3.39. The van der Waals surface area contributed by atoms with Crippen molar-refractivity contribution in [2.75, 3.05) is 7.11 Å². The molecular weight excluding hydrogens is 362 g/mol. The third kappa shape index (κ3) is 5.05. The zero-order chi connectivity index (χ0) is 19.1. The van der Waals surface area contributed by atoms with E-state index in [1.54, 1.807) is 18.0 Å². The molecule has 138 valence electrons. The third-order valence-corrected chi connectivity index (χ3v) is 4.01. The van der Waals surface area contributed by atoms with Gasteiger partial charge in [0.05, 0.1) is 24.6 Å². The van der Waals surface area contributed by atoms with E-state index in [0.29, 0.717) is 17.2 Å². The van der Waals surface area contributed by atoms with Gasteiger partial charge in [0, 0.05) is 12.7 Å². The predicted molar refractivity (Wildman–Crippen MR) is 107 cm³/mol. The molecule has 0 atom stereocenters. The van der Waals surface area contributed by atoms with E-state index in [-0.39, 0.29) is 5.91 Å². The van der Waals surface area contributed by atoms with Crippen LogP contribution in [-0.4, -0.2) is 27.9 Å². The van der Waals surface area contributed by atoms with Crippen LogP contribution < -0.4 is 20.9 Å². The second-order valence-corrected chi connectivity index (χ2v) is 6.03. The van der Waals surface area contributed by atoms with Crippen molar-refractivity contribution in [3.63, 3.8) is 0 Å². The number of aromatic nitrogens is 2. The molecule has 0 aliphatic heterocycles. The quantitative estimate of drug-likeness (QED) is 0.464. The molecule has 0 spiro atoms. The number of para-hydroxylation sites is 1. The van der Waals surface area contributed by atoms with Crippen LogP contribution in [-0.2, 0) is 6.54 Å². The molecule has 0 saturated carbocycles. The van der Waals surface area contributed by atoms with Gasteiger partial charge < -0.3 is 10.1 Å². The van der Waals surface area contributed by atoms with Crippen LogP contribution in [0.4, 0.5) is 0 Å². The minimum atomic E-state index is -0.328. The molecule has 0 aliphatic carbocycles. The second-order valence-electron chi connectivity index (χ2n) is 5.62. The summed E-state index contributed by atoms with van der Waals surface area (Å²) in [6, 6.07) is 17.2. The molecule has 1 amide bonds. The van der Waals surface area contributed by atoms with E-state index in [1.165, 1.54) is 6.20 Å². The number of thiocarbonyl (C=S) groups is 1. The zero-order valence-electron chi connectivity index (χ0n) is 14.7. The zero-order valence-corrected chi connectivity index (χ0v) is 15.5. The highest BCUT2D eigenvalue weighted by molar-refractivity contribution is 7.80. The van der Waals surface area contributed by atoms with Gasteiger partial charge in [-0.1, -0.05) is 30.3 Å². The van der Waals surface area contributed by atoms with E-state index in [9.17, 15) is 4.79 Å². The molecule has 1 aromatic heterocycles. The molecule has 3 rings (SSSR count). The first-order chi connectivity index (χ1) is 13.2. The summed E-state index contributed by atoms with van der Waals surface area (Å²) in [5.41, 5.74) is 7.57. The van der Waals surface area contributed by atoms with Gasteiger partial charge in [-0.25, -0.2) is 4.68 Å². The molecule has 0 unspecified atom stereocenters. The highest BCUT2D eigenvalue weighted by atomic mass is 32.1. The maximum Gasteiger partial charge on any atom is 0.272 e. The van der Waals surface area contributed by atoms with Crippen molar-refractivity contribution < 1.29 is 9.53 Å². The number of hydrogen-bond donors (Lipinski definition) is 3. The minimum Gasteiger partial charge on any atom is -0.497 e. The lowest BCUT2D eigenvalue weighted by Crippen LogP contribution is -2.46. The Morgan fingerprint density at radius 2 is 1.85 bits per heavy atom. The fourth-order valence-electron chi connectivity index (χ4n) is 2.32. The van der Waals surface area contributed by atoms with Crippen LogP contribution in [0, 0.1) is 0 Å². The maximum atomic E-state index is 12.2. The van der Waals surface area contributed by atoms with Crippen molar-refractivity contribution in [2.24, 2.45) is 0 Å². The first-order valence-corrected chi connectivity index (χ1v) is 8.64. The molecule has 0 fully saturated rings. The largest absolute Gasteiger partial charge is 0.497 e. The molecule has 3 N–H and O–H groups in total. The highest BCUT2D eigenvalue weighted by Gasteiger charge is 2.09. The van der Waals surface area contributed by atoms with E-state index >= 15 is 0 Å². The number of rotatable bonds is 5. The van der Waals surface area contributed by atoms with Gasteiger partial charge in [0.1, 0.15) is 5.75 Å². The summed E-state index contributed by atoms with van der Waals surface area (Å²) in [5, 5.41) is 7.53. The van der Waals surface area contributed by atoms with Crippen molar-refractivity contribution in [1.29, 1.82) is 0 Å². The SMILES string of the molecule is COc1ccc(CNC(=S)NNC(=O)c2cnn(-c3ccccc3)c2)cc1. The Morgan fingerprint density at radius 1 is 1.11 bits per heavy atom. The number of methoxy groups -OCH3 is 1. The first-order valence-electron chi connectivity index (χ1n) is 8.23. The summed E-state index contributed by atoms with van der Waals surface area (Å²) in [6.45, 7) is 0.525. The van der Waals surface area contributed by atoms with Crippen molar-refractivity contribution in [3.8, 4) is 11.4 Å². The Labute approximate surface area is 162 Å².